The Kier molecular flexibility index (Phi) is 4.67. The van der Waals surface area contributed by atoms with Gasteiger partial charge in [-0.15, -0.1) is 0 Å². The van der Waals surface area contributed by atoms with Gasteiger partial charge < -0.3 is 5.11 Å². The van der Waals surface area contributed by atoms with Gasteiger partial charge in [-0.25, -0.2) is 0 Å². The van der Waals surface area contributed by atoms with E-state index in [1.54, 1.807) is 0 Å². The topological polar surface area (TPSA) is 20.2 Å². The molecule has 0 saturated heterocycles. The van der Waals surface area contributed by atoms with Crippen molar-refractivity contribution < 1.29 is 5.11 Å². The van der Waals surface area contributed by atoms with E-state index in [0.717, 1.165) is 6.42 Å². The lowest BCUT2D eigenvalue weighted by atomic mass is 9.83. The molecule has 1 aliphatic rings. The molecule has 72 valence electrons. The molecule has 0 radical (unpaired) electrons. The SMILES string of the molecule is CCCCC[C@@H]1CCCC[C@H]1O. The van der Waals surface area contributed by atoms with Crippen molar-refractivity contribution in [3.05, 3.63) is 0 Å². The largest absolute Gasteiger partial charge is 0.393 e. The van der Waals surface area contributed by atoms with E-state index >= 15 is 0 Å². The maximum absolute atomic E-state index is 9.67. The van der Waals surface area contributed by atoms with Crippen molar-refractivity contribution >= 4 is 0 Å². The molecular formula is C11H22O. The van der Waals surface area contributed by atoms with E-state index < -0.39 is 0 Å². The Morgan fingerprint density at radius 1 is 1.17 bits per heavy atom. The van der Waals surface area contributed by atoms with Gasteiger partial charge >= 0.3 is 0 Å². The Bertz CT molecular complexity index is 112. The van der Waals surface area contributed by atoms with Crippen LogP contribution in [0.15, 0.2) is 0 Å². The first-order chi connectivity index (χ1) is 5.84. The Morgan fingerprint density at radius 3 is 2.58 bits per heavy atom. The molecule has 12 heavy (non-hydrogen) atoms. The molecule has 1 rings (SSSR count). The van der Waals surface area contributed by atoms with Gasteiger partial charge in [0.2, 0.25) is 0 Å². The van der Waals surface area contributed by atoms with E-state index in [2.05, 4.69) is 6.92 Å². The van der Waals surface area contributed by atoms with Crippen LogP contribution < -0.4 is 0 Å². The first-order valence-electron chi connectivity index (χ1n) is 5.52. The summed E-state index contributed by atoms with van der Waals surface area (Å²) in [5.74, 6) is 0.630. The normalized spacial score (nSPS) is 30.5. The molecule has 1 fully saturated rings. The summed E-state index contributed by atoms with van der Waals surface area (Å²) in [6.45, 7) is 2.23. The van der Waals surface area contributed by atoms with Gasteiger partial charge in [-0.3, -0.25) is 0 Å². The number of hydrogen-bond acceptors (Lipinski definition) is 1. The first-order valence-corrected chi connectivity index (χ1v) is 5.52. The van der Waals surface area contributed by atoms with Crippen molar-refractivity contribution in [2.24, 2.45) is 5.92 Å². The molecule has 0 aromatic heterocycles. The summed E-state index contributed by atoms with van der Waals surface area (Å²) in [7, 11) is 0. The third-order valence-corrected chi connectivity index (χ3v) is 3.05. The van der Waals surface area contributed by atoms with Gasteiger partial charge in [0.25, 0.3) is 0 Å². The molecule has 0 aromatic rings. The summed E-state index contributed by atoms with van der Waals surface area (Å²) < 4.78 is 0. The predicted octanol–water partition coefficient (Wildman–Crippen LogP) is 3.12. The quantitative estimate of drug-likeness (QED) is 0.643. The molecule has 1 saturated carbocycles. The van der Waals surface area contributed by atoms with Crippen molar-refractivity contribution in [1.29, 1.82) is 0 Å². The Morgan fingerprint density at radius 2 is 1.92 bits per heavy atom. The molecule has 1 aliphatic carbocycles. The lowest BCUT2D eigenvalue weighted by Gasteiger charge is -2.27. The molecule has 0 heterocycles. The van der Waals surface area contributed by atoms with Crippen molar-refractivity contribution in [2.75, 3.05) is 0 Å². The van der Waals surface area contributed by atoms with Crippen LogP contribution in [-0.2, 0) is 0 Å². The van der Waals surface area contributed by atoms with E-state index in [1.807, 2.05) is 0 Å². The molecule has 2 atom stereocenters. The molecule has 0 bridgehead atoms. The van der Waals surface area contributed by atoms with E-state index in [1.165, 1.54) is 44.9 Å². The first kappa shape index (κ1) is 10.0. The number of hydrogen-bond donors (Lipinski definition) is 1. The molecular weight excluding hydrogens is 148 g/mol. The summed E-state index contributed by atoms with van der Waals surface area (Å²) >= 11 is 0. The maximum Gasteiger partial charge on any atom is 0.0568 e. The van der Waals surface area contributed by atoms with Crippen molar-refractivity contribution in [2.45, 2.75) is 64.4 Å². The van der Waals surface area contributed by atoms with E-state index in [9.17, 15) is 5.11 Å². The lowest BCUT2D eigenvalue weighted by molar-refractivity contribution is 0.0639. The average molecular weight is 170 g/mol. The van der Waals surface area contributed by atoms with Gasteiger partial charge in [-0.2, -0.15) is 0 Å². The van der Waals surface area contributed by atoms with Crippen LogP contribution in [0.2, 0.25) is 0 Å². The molecule has 0 aliphatic heterocycles. The summed E-state index contributed by atoms with van der Waals surface area (Å²) in [6, 6.07) is 0. The van der Waals surface area contributed by atoms with Crippen molar-refractivity contribution in [3.8, 4) is 0 Å². The fourth-order valence-corrected chi connectivity index (χ4v) is 2.18. The van der Waals surface area contributed by atoms with E-state index in [0.29, 0.717) is 5.92 Å². The van der Waals surface area contributed by atoms with Gasteiger partial charge in [-0.05, 0) is 25.2 Å². The monoisotopic (exact) mass is 170 g/mol. The zero-order valence-electron chi connectivity index (χ0n) is 8.26. The molecule has 1 nitrogen and oxygen atoms in total. The predicted molar refractivity (Wildman–Crippen MR) is 52.1 cm³/mol. The average Bonchev–Trinajstić information content (AvgIpc) is 2.09. The van der Waals surface area contributed by atoms with Crippen LogP contribution in [0.3, 0.4) is 0 Å². The highest BCUT2D eigenvalue weighted by Gasteiger charge is 2.21. The highest BCUT2D eigenvalue weighted by molar-refractivity contribution is 4.74. The number of unbranched alkanes of at least 4 members (excludes halogenated alkanes) is 2. The van der Waals surface area contributed by atoms with Gasteiger partial charge in [0.15, 0.2) is 0 Å². The molecule has 1 N–H and O–H groups in total. The number of aliphatic hydroxyl groups is 1. The maximum atomic E-state index is 9.67. The van der Waals surface area contributed by atoms with Crippen LogP contribution in [0, 0.1) is 5.92 Å². The minimum Gasteiger partial charge on any atom is -0.393 e. The highest BCUT2D eigenvalue weighted by atomic mass is 16.3. The zero-order valence-corrected chi connectivity index (χ0v) is 8.26. The molecule has 0 aromatic carbocycles. The second-order valence-electron chi connectivity index (χ2n) is 4.11. The standard InChI is InChI=1S/C11H22O/c1-2-3-4-7-10-8-5-6-9-11(10)12/h10-12H,2-9H2,1H3/t10-,11-/m1/s1. The van der Waals surface area contributed by atoms with Crippen LogP contribution in [0.4, 0.5) is 0 Å². The van der Waals surface area contributed by atoms with Crippen LogP contribution in [0.1, 0.15) is 58.3 Å². The lowest BCUT2D eigenvalue weighted by Crippen LogP contribution is -2.24. The minimum atomic E-state index is 0.0237. The van der Waals surface area contributed by atoms with Gasteiger partial charge in [-0.1, -0.05) is 39.0 Å². The van der Waals surface area contributed by atoms with E-state index in [-0.39, 0.29) is 6.10 Å². The zero-order chi connectivity index (χ0) is 8.81. The Balaban J connectivity index is 2.11. The summed E-state index contributed by atoms with van der Waals surface area (Å²) in [5, 5.41) is 9.67. The number of rotatable bonds is 4. The van der Waals surface area contributed by atoms with Crippen LogP contribution >= 0.6 is 0 Å². The van der Waals surface area contributed by atoms with E-state index in [4.69, 9.17) is 0 Å². The van der Waals surface area contributed by atoms with Gasteiger partial charge in [0, 0.05) is 0 Å². The third-order valence-electron chi connectivity index (χ3n) is 3.05. The summed E-state index contributed by atoms with van der Waals surface area (Å²) in [5.41, 5.74) is 0. The van der Waals surface area contributed by atoms with Crippen molar-refractivity contribution in [3.63, 3.8) is 0 Å². The Hall–Kier alpha value is -0.0400. The third kappa shape index (κ3) is 3.14. The molecule has 0 unspecified atom stereocenters. The molecule has 0 amide bonds. The summed E-state index contributed by atoms with van der Waals surface area (Å²) in [4.78, 5) is 0. The van der Waals surface area contributed by atoms with Gasteiger partial charge in [0.05, 0.1) is 6.10 Å². The smallest absolute Gasteiger partial charge is 0.0568 e. The fourth-order valence-electron chi connectivity index (χ4n) is 2.18. The second kappa shape index (κ2) is 5.58. The fraction of sp³-hybridized carbons (Fsp3) is 1.00. The molecule has 1 heteroatoms. The summed E-state index contributed by atoms with van der Waals surface area (Å²) in [6.07, 6.45) is 10.1. The van der Waals surface area contributed by atoms with Crippen LogP contribution in [0.5, 0.6) is 0 Å². The number of aliphatic hydroxyl groups excluding tert-OH is 1. The van der Waals surface area contributed by atoms with Gasteiger partial charge in [0.1, 0.15) is 0 Å². The molecule has 0 spiro atoms. The van der Waals surface area contributed by atoms with Crippen molar-refractivity contribution in [1.82, 2.24) is 0 Å². The highest BCUT2D eigenvalue weighted by Crippen LogP contribution is 2.28. The van der Waals surface area contributed by atoms with Crippen LogP contribution in [0.25, 0.3) is 0 Å². The Labute approximate surface area is 76.2 Å². The van der Waals surface area contributed by atoms with Crippen LogP contribution in [-0.4, -0.2) is 11.2 Å². The second-order valence-corrected chi connectivity index (χ2v) is 4.11. The minimum absolute atomic E-state index is 0.0237.